The Kier molecular flexibility index (Phi) is 5.06. The monoisotopic (exact) mass is 179 g/mol. The van der Waals surface area contributed by atoms with Gasteiger partial charge in [-0.15, -0.1) is 0 Å². The van der Waals surface area contributed by atoms with Gasteiger partial charge >= 0.3 is 0 Å². The van der Waals surface area contributed by atoms with Crippen LogP contribution in [0, 0.1) is 0 Å². The summed E-state index contributed by atoms with van der Waals surface area (Å²) in [5.41, 5.74) is 0. The molecule has 0 aromatic carbocycles. The van der Waals surface area contributed by atoms with Gasteiger partial charge in [0, 0.05) is 0 Å². The lowest BCUT2D eigenvalue weighted by Crippen LogP contribution is -3.00. The topological polar surface area (TPSA) is 9.23 Å². The average molecular weight is 180 g/mol. The van der Waals surface area contributed by atoms with Gasteiger partial charge in [-0.05, 0) is 13.8 Å². The number of rotatable bonds is 2. The normalized spacial score (nSPS) is 22.4. The van der Waals surface area contributed by atoms with Gasteiger partial charge in [0.25, 0.3) is 0 Å². The first kappa shape index (κ1) is 11.2. The highest BCUT2D eigenvalue weighted by Gasteiger charge is 2.25. The Morgan fingerprint density at radius 1 is 1.09 bits per heavy atom. The maximum atomic E-state index is 5.31. The molecule has 0 spiro atoms. The van der Waals surface area contributed by atoms with Crippen molar-refractivity contribution in [1.82, 2.24) is 0 Å². The maximum absolute atomic E-state index is 5.31. The van der Waals surface area contributed by atoms with Gasteiger partial charge in [-0.3, -0.25) is 0 Å². The second-order valence-corrected chi connectivity index (χ2v) is 3.03. The predicted molar refractivity (Wildman–Crippen MR) is 41.9 cm³/mol. The molecule has 1 aliphatic rings. The summed E-state index contributed by atoms with van der Waals surface area (Å²) in [7, 11) is 0. The zero-order valence-electron chi connectivity index (χ0n) is 7.48. The predicted octanol–water partition coefficient (Wildman–Crippen LogP) is -2.12. The summed E-state index contributed by atoms with van der Waals surface area (Å²) in [4.78, 5) is 0. The summed E-state index contributed by atoms with van der Waals surface area (Å²) < 4.78 is 6.58. The van der Waals surface area contributed by atoms with E-state index >= 15 is 0 Å². The summed E-state index contributed by atoms with van der Waals surface area (Å²) >= 11 is 0. The Hall–Kier alpha value is 0.210. The standard InChI is InChI=1S/C8H18NO.ClH/c1-3-9(4-2)5-7-10-8-6-9;/h3-8H2,1-2H3;1H/q+1;/p-1. The molecule has 2 nitrogen and oxygen atoms in total. The summed E-state index contributed by atoms with van der Waals surface area (Å²) in [6.45, 7) is 11.4. The fourth-order valence-corrected chi connectivity index (χ4v) is 1.59. The van der Waals surface area contributed by atoms with Crippen molar-refractivity contribution in [2.75, 3.05) is 39.4 Å². The van der Waals surface area contributed by atoms with Gasteiger partial charge in [-0.25, -0.2) is 0 Å². The van der Waals surface area contributed by atoms with Crippen LogP contribution >= 0.6 is 0 Å². The van der Waals surface area contributed by atoms with Crippen molar-refractivity contribution in [3.63, 3.8) is 0 Å². The van der Waals surface area contributed by atoms with Gasteiger partial charge in [0.2, 0.25) is 0 Å². The van der Waals surface area contributed by atoms with E-state index in [2.05, 4.69) is 13.8 Å². The fraction of sp³-hybridized carbons (Fsp3) is 1.00. The van der Waals surface area contributed by atoms with Crippen LogP contribution in [0.4, 0.5) is 0 Å². The van der Waals surface area contributed by atoms with E-state index in [9.17, 15) is 0 Å². The zero-order chi connectivity index (χ0) is 7.45. The molecule has 0 N–H and O–H groups in total. The van der Waals surface area contributed by atoms with Crippen molar-refractivity contribution in [1.29, 1.82) is 0 Å². The van der Waals surface area contributed by atoms with Crippen molar-refractivity contribution in [3.8, 4) is 0 Å². The molecule has 0 radical (unpaired) electrons. The average Bonchev–Trinajstić information content (AvgIpc) is 2.06. The highest BCUT2D eigenvalue weighted by Crippen LogP contribution is 2.09. The van der Waals surface area contributed by atoms with Crippen LogP contribution < -0.4 is 12.4 Å². The second kappa shape index (κ2) is 4.96. The number of halogens is 1. The molecular weight excluding hydrogens is 162 g/mol. The van der Waals surface area contributed by atoms with Gasteiger partial charge < -0.3 is 21.6 Å². The highest BCUT2D eigenvalue weighted by atomic mass is 35.5. The third-order valence-electron chi connectivity index (χ3n) is 2.76. The number of hydrogen-bond acceptors (Lipinski definition) is 1. The molecular formula is C8H18ClNO. The van der Waals surface area contributed by atoms with Crippen LogP contribution in [0.15, 0.2) is 0 Å². The Balaban J connectivity index is 0.000001000. The van der Waals surface area contributed by atoms with E-state index in [0.29, 0.717) is 0 Å². The van der Waals surface area contributed by atoms with E-state index in [1.165, 1.54) is 30.7 Å². The summed E-state index contributed by atoms with van der Waals surface area (Å²) in [5.74, 6) is 0. The molecule has 0 aromatic rings. The number of morpholine rings is 1. The molecule has 0 aromatic heterocycles. The number of nitrogens with zero attached hydrogens (tertiary/aromatic N) is 1. The van der Waals surface area contributed by atoms with Gasteiger partial charge in [-0.1, -0.05) is 0 Å². The van der Waals surface area contributed by atoms with Gasteiger partial charge in [0.05, 0.1) is 26.3 Å². The fourth-order valence-electron chi connectivity index (χ4n) is 1.59. The van der Waals surface area contributed by atoms with Gasteiger partial charge in [0.1, 0.15) is 13.1 Å². The Bertz CT molecular complexity index is 96.3. The van der Waals surface area contributed by atoms with Crippen LogP contribution in [-0.2, 0) is 4.74 Å². The number of likely N-dealkylation sites (N-methyl/N-ethyl adjacent to an activating group) is 1. The molecule has 68 valence electrons. The summed E-state index contributed by atoms with van der Waals surface area (Å²) in [6.07, 6.45) is 0. The first-order chi connectivity index (χ1) is 4.83. The van der Waals surface area contributed by atoms with Crippen molar-refractivity contribution >= 4 is 0 Å². The third-order valence-corrected chi connectivity index (χ3v) is 2.76. The van der Waals surface area contributed by atoms with Crippen LogP contribution in [0.1, 0.15) is 13.8 Å². The van der Waals surface area contributed by atoms with Crippen LogP contribution in [0.5, 0.6) is 0 Å². The molecule has 11 heavy (non-hydrogen) atoms. The van der Waals surface area contributed by atoms with E-state index in [1.807, 2.05) is 0 Å². The molecule has 1 saturated heterocycles. The van der Waals surface area contributed by atoms with Crippen LogP contribution in [0.3, 0.4) is 0 Å². The van der Waals surface area contributed by atoms with E-state index in [4.69, 9.17) is 4.74 Å². The molecule has 3 heteroatoms. The number of hydrogen-bond donors (Lipinski definition) is 0. The molecule has 0 amide bonds. The molecule has 0 aliphatic carbocycles. The second-order valence-electron chi connectivity index (χ2n) is 3.03. The lowest BCUT2D eigenvalue weighted by Gasteiger charge is -2.39. The Morgan fingerprint density at radius 3 is 1.82 bits per heavy atom. The van der Waals surface area contributed by atoms with E-state index < -0.39 is 0 Å². The minimum absolute atomic E-state index is 0. The lowest BCUT2D eigenvalue weighted by molar-refractivity contribution is -0.931. The SMILES string of the molecule is CC[N+]1(CC)CCOCC1.[Cl-]. The molecule has 1 rings (SSSR count). The Labute approximate surface area is 75.5 Å². The number of ether oxygens (including phenoxy) is 1. The molecule has 0 saturated carbocycles. The van der Waals surface area contributed by atoms with Gasteiger partial charge in [0.15, 0.2) is 0 Å². The largest absolute Gasteiger partial charge is 1.00 e. The molecule has 0 atom stereocenters. The molecule has 1 aliphatic heterocycles. The maximum Gasteiger partial charge on any atom is 0.102 e. The van der Waals surface area contributed by atoms with Crippen LogP contribution in [0.2, 0.25) is 0 Å². The third kappa shape index (κ3) is 2.62. The molecule has 0 unspecified atom stereocenters. The van der Waals surface area contributed by atoms with Crippen molar-refractivity contribution < 1.29 is 21.6 Å². The van der Waals surface area contributed by atoms with E-state index in [-0.39, 0.29) is 12.4 Å². The minimum atomic E-state index is 0. The van der Waals surface area contributed by atoms with Crippen molar-refractivity contribution in [2.45, 2.75) is 13.8 Å². The van der Waals surface area contributed by atoms with Crippen molar-refractivity contribution in [2.24, 2.45) is 0 Å². The summed E-state index contributed by atoms with van der Waals surface area (Å²) in [6, 6.07) is 0. The van der Waals surface area contributed by atoms with E-state index in [1.54, 1.807) is 0 Å². The Morgan fingerprint density at radius 2 is 1.55 bits per heavy atom. The van der Waals surface area contributed by atoms with E-state index in [0.717, 1.165) is 13.2 Å². The zero-order valence-corrected chi connectivity index (χ0v) is 8.23. The first-order valence-electron chi connectivity index (χ1n) is 4.26. The number of quaternary nitrogens is 1. The highest BCUT2D eigenvalue weighted by molar-refractivity contribution is 4.46. The van der Waals surface area contributed by atoms with Crippen LogP contribution in [-0.4, -0.2) is 43.9 Å². The van der Waals surface area contributed by atoms with Gasteiger partial charge in [-0.2, -0.15) is 0 Å². The lowest BCUT2D eigenvalue weighted by atomic mass is 10.3. The molecule has 1 fully saturated rings. The molecule has 0 bridgehead atoms. The van der Waals surface area contributed by atoms with Crippen molar-refractivity contribution in [3.05, 3.63) is 0 Å². The smallest absolute Gasteiger partial charge is 0.102 e. The first-order valence-corrected chi connectivity index (χ1v) is 4.26. The summed E-state index contributed by atoms with van der Waals surface area (Å²) in [5, 5.41) is 0. The quantitative estimate of drug-likeness (QED) is 0.441. The molecule has 1 heterocycles. The van der Waals surface area contributed by atoms with Crippen LogP contribution in [0.25, 0.3) is 0 Å². The minimum Gasteiger partial charge on any atom is -1.00 e.